The Morgan fingerprint density at radius 2 is 2.22 bits per heavy atom. The molecule has 0 unspecified atom stereocenters. The van der Waals surface area contributed by atoms with Crippen LogP contribution in [0.25, 0.3) is 10.1 Å². The van der Waals surface area contributed by atoms with Gasteiger partial charge < -0.3 is 5.32 Å². The molecule has 2 aromatic rings. The standard InChI is InChI=1S/C17H21N5S/c1-12(2)22-16(8-9-20-22)21-17(19-11-18-3)14-10-23-15-7-5-4-6-13(14)15/h4-7,9-10,12,18H,8,11H2,1-3H3/b19-17-,21-16+. The van der Waals surface area contributed by atoms with Crippen molar-refractivity contribution in [2.24, 2.45) is 15.1 Å². The molecule has 1 aliphatic rings. The van der Waals surface area contributed by atoms with Crippen LogP contribution in [0.4, 0.5) is 0 Å². The van der Waals surface area contributed by atoms with Crippen molar-refractivity contribution in [3.05, 3.63) is 35.2 Å². The molecule has 1 aromatic carbocycles. The third-order valence-corrected chi connectivity index (χ3v) is 4.54. The number of thiophene rings is 1. The quantitative estimate of drug-likeness (QED) is 0.692. The van der Waals surface area contributed by atoms with Crippen molar-refractivity contribution in [2.45, 2.75) is 26.3 Å². The summed E-state index contributed by atoms with van der Waals surface area (Å²) in [6.07, 6.45) is 2.65. The molecule has 1 aliphatic heterocycles. The number of benzene rings is 1. The number of rotatable bonds is 4. The first-order valence-electron chi connectivity index (χ1n) is 7.75. The summed E-state index contributed by atoms with van der Waals surface area (Å²) >= 11 is 1.73. The molecule has 0 radical (unpaired) electrons. The molecule has 120 valence electrons. The second kappa shape index (κ2) is 7.02. The topological polar surface area (TPSA) is 52.4 Å². The Morgan fingerprint density at radius 3 is 3.00 bits per heavy atom. The lowest BCUT2D eigenvalue weighted by molar-refractivity contribution is 0.376. The molecule has 0 saturated heterocycles. The van der Waals surface area contributed by atoms with E-state index in [1.807, 2.05) is 18.3 Å². The van der Waals surface area contributed by atoms with E-state index in [1.165, 1.54) is 10.1 Å². The Labute approximate surface area is 140 Å². The molecule has 0 spiro atoms. The summed E-state index contributed by atoms with van der Waals surface area (Å²) in [6.45, 7) is 4.77. The molecular formula is C17H21N5S. The first-order chi connectivity index (χ1) is 11.2. The average molecular weight is 327 g/mol. The van der Waals surface area contributed by atoms with E-state index in [4.69, 9.17) is 4.99 Å². The molecule has 0 fully saturated rings. The summed E-state index contributed by atoms with van der Waals surface area (Å²) in [5, 5.41) is 12.8. The minimum Gasteiger partial charge on any atom is -0.301 e. The van der Waals surface area contributed by atoms with Crippen molar-refractivity contribution in [3.8, 4) is 0 Å². The molecule has 23 heavy (non-hydrogen) atoms. The number of hydrazone groups is 1. The number of fused-ring (bicyclic) bond motifs is 1. The molecule has 5 nitrogen and oxygen atoms in total. The Morgan fingerprint density at radius 1 is 1.39 bits per heavy atom. The molecule has 0 aliphatic carbocycles. The van der Waals surface area contributed by atoms with Crippen molar-refractivity contribution < 1.29 is 0 Å². The van der Waals surface area contributed by atoms with Gasteiger partial charge in [-0.25, -0.2) is 10.0 Å². The van der Waals surface area contributed by atoms with Crippen LogP contribution >= 0.6 is 11.3 Å². The van der Waals surface area contributed by atoms with Crippen molar-refractivity contribution in [1.82, 2.24) is 10.3 Å². The molecule has 6 heteroatoms. The van der Waals surface area contributed by atoms with Crippen molar-refractivity contribution in [2.75, 3.05) is 13.7 Å². The van der Waals surface area contributed by atoms with E-state index in [2.05, 4.69) is 58.9 Å². The summed E-state index contributed by atoms with van der Waals surface area (Å²) in [4.78, 5) is 9.48. The Hall–Kier alpha value is -2.05. The van der Waals surface area contributed by atoms with Crippen LogP contribution in [0.3, 0.4) is 0 Å². The first kappa shape index (κ1) is 15.8. The monoisotopic (exact) mass is 327 g/mol. The van der Waals surface area contributed by atoms with E-state index in [9.17, 15) is 0 Å². The van der Waals surface area contributed by atoms with E-state index >= 15 is 0 Å². The van der Waals surface area contributed by atoms with Gasteiger partial charge in [-0.15, -0.1) is 11.3 Å². The van der Waals surface area contributed by atoms with Crippen LogP contribution in [-0.4, -0.2) is 42.7 Å². The highest BCUT2D eigenvalue weighted by Crippen LogP contribution is 2.27. The maximum atomic E-state index is 4.84. The zero-order valence-corrected chi connectivity index (χ0v) is 14.5. The van der Waals surface area contributed by atoms with Crippen molar-refractivity contribution >= 4 is 39.3 Å². The van der Waals surface area contributed by atoms with Crippen LogP contribution in [0.15, 0.2) is 44.7 Å². The lowest BCUT2D eigenvalue weighted by Gasteiger charge is -2.19. The zero-order chi connectivity index (χ0) is 16.2. The zero-order valence-electron chi connectivity index (χ0n) is 13.7. The van der Waals surface area contributed by atoms with E-state index in [0.717, 1.165) is 23.7 Å². The number of aliphatic imine (C=N–C) groups is 2. The summed E-state index contributed by atoms with van der Waals surface area (Å²) in [7, 11) is 1.89. The maximum absolute atomic E-state index is 4.84. The minimum atomic E-state index is 0.289. The first-order valence-corrected chi connectivity index (χ1v) is 8.63. The SMILES string of the molecule is CNC/N=C(\N=C1/CC=NN1C(C)C)c1csc2ccccc12. The molecule has 0 amide bonds. The van der Waals surface area contributed by atoms with Crippen molar-refractivity contribution in [1.29, 1.82) is 0 Å². The predicted octanol–water partition coefficient (Wildman–Crippen LogP) is 3.32. The van der Waals surface area contributed by atoms with E-state index in [1.54, 1.807) is 11.3 Å². The Kier molecular flexibility index (Phi) is 4.83. The van der Waals surface area contributed by atoms with Gasteiger partial charge in [-0.3, -0.25) is 4.99 Å². The van der Waals surface area contributed by atoms with Gasteiger partial charge in [0.05, 0.1) is 6.67 Å². The summed E-state index contributed by atoms with van der Waals surface area (Å²) in [6, 6.07) is 8.66. The summed E-state index contributed by atoms with van der Waals surface area (Å²) in [5.41, 5.74) is 1.09. The molecular weight excluding hydrogens is 306 g/mol. The predicted molar refractivity (Wildman–Crippen MR) is 99.8 cm³/mol. The number of nitrogens with zero attached hydrogens (tertiary/aromatic N) is 4. The Balaban J connectivity index is 2.02. The van der Waals surface area contributed by atoms with Crippen LogP contribution in [-0.2, 0) is 0 Å². The fourth-order valence-electron chi connectivity index (χ4n) is 2.51. The van der Waals surface area contributed by atoms with Crippen LogP contribution in [0.5, 0.6) is 0 Å². The third kappa shape index (κ3) is 3.33. The molecule has 0 atom stereocenters. The minimum absolute atomic E-state index is 0.289. The molecule has 0 bridgehead atoms. The van der Waals surface area contributed by atoms with E-state index in [-0.39, 0.29) is 6.04 Å². The smallest absolute Gasteiger partial charge is 0.159 e. The molecule has 1 aromatic heterocycles. The fourth-order valence-corrected chi connectivity index (χ4v) is 3.45. The number of nitrogens with one attached hydrogen (secondary N) is 1. The van der Waals surface area contributed by atoms with Crippen LogP contribution < -0.4 is 5.32 Å². The largest absolute Gasteiger partial charge is 0.301 e. The summed E-state index contributed by atoms with van der Waals surface area (Å²) in [5.74, 6) is 1.72. The second-order valence-corrected chi connectivity index (χ2v) is 6.52. The highest BCUT2D eigenvalue weighted by Gasteiger charge is 2.20. The van der Waals surface area contributed by atoms with Gasteiger partial charge in [-0.05, 0) is 27.0 Å². The van der Waals surface area contributed by atoms with Crippen LogP contribution in [0.1, 0.15) is 25.8 Å². The molecule has 0 saturated carbocycles. The highest BCUT2D eigenvalue weighted by atomic mass is 32.1. The molecule has 3 rings (SSSR count). The fraction of sp³-hybridized carbons (Fsp3) is 0.353. The van der Waals surface area contributed by atoms with E-state index in [0.29, 0.717) is 6.67 Å². The number of hydrogen-bond donors (Lipinski definition) is 1. The van der Waals surface area contributed by atoms with E-state index < -0.39 is 0 Å². The van der Waals surface area contributed by atoms with Gasteiger partial charge in [0.25, 0.3) is 0 Å². The molecule has 2 heterocycles. The van der Waals surface area contributed by atoms with Gasteiger partial charge in [0.15, 0.2) is 5.84 Å². The van der Waals surface area contributed by atoms with Gasteiger partial charge in [0.2, 0.25) is 0 Å². The van der Waals surface area contributed by atoms with Crippen LogP contribution in [0.2, 0.25) is 0 Å². The molecule has 1 N–H and O–H groups in total. The average Bonchev–Trinajstić information content (AvgIpc) is 3.18. The third-order valence-electron chi connectivity index (χ3n) is 3.58. The second-order valence-electron chi connectivity index (χ2n) is 5.61. The number of amidine groups is 2. The lowest BCUT2D eigenvalue weighted by Crippen LogP contribution is -2.29. The van der Waals surface area contributed by atoms with Crippen LogP contribution in [0, 0.1) is 0 Å². The van der Waals surface area contributed by atoms with Gasteiger partial charge in [0.1, 0.15) is 5.84 Å². The Bertz CT molecular complexity index is 772. The van der Waals surface area contributed by atoms with Gasteiger partial charge in [0, 0.05) is 39.7 Å². The number of hydrogen-bond acceptors (Lipinski definition) is 4. The van der Waals surface area contributed by atoms with Gasteiger partial charge in [-0.1, -0.05) is 18.2 Å². The lowest BCUT2D eigenvalue weighted by atomic mass is 10.1. The van der Waals surface area contributed by atoms with Gasteiger partial charge in [-0.2, -0.15) is 5.10 Å². The summed E-state index contributed by atoms with van der Waals surface area (Å²) < 4.78 is 1.25. The maximum Gasteiger partial charge on any atom is 0.159 e. The van der Waals surface area contributed by atoms with Crippen molar-refractivity contribution in [3.63, 3.8) is 0 Å². The normalized spacial score (nSPS) is 17.1. The van der Waals surface area contributed by atoms with Gasteiger partial charge >= 0.3 is 0 Å². The highest BCUT2D eigenvalue weighted by molar-refractivity contribution is 7.17.